The van der Waals surface area contributed by atoms with Crippen LogP contribution >= 0.6 is 0 Å². The van der Waals surface area contributed by atoms with E-state index in [1.54, 1.807) is 0 Å². The maximum Gasteiger partial charge on any atom is 0.182 e. The molecule has 1 saturated carbocycles. The molecular formula is C18H28N2O. The van der Waals surface area contributed by atoms with Crippen LogP contribution in [0.15, 0.2) is 18.3 Å². The van der Waals surface area contributed by atoms with Crippen LogP contribution < -0.4 is 5.32 Å². The van der Waals surface area contributed by atoms with Crippen molar-refractivity contribution < 1.29 is 4.79 Å². The van der Waals surface area contributed by atoms with Crippen LogP contribution in [-0.4, -0.2) is 23.4 Å². The zero-order valence-corrected chi connectivity index (χ0v) is 13.2. The summed E-state index contributed by atoms with van der Waals surface area (Å²) in [6.07, 6.45) is 10.3. The van der Waals surface area contributed by atoms with Crippen molar-refractivity contribution in [3.63, 3.8) is 0 Å². The molecule has 0 radical (unpaired) electrons. The summed E-state index contributed by atoms with van der Waals surface area (Å²) in [6.45, 7) is 4.41. The molecule has 3 rings (SSSR count). The minimum atomic E-state index is 0.267. The molecule has 2 heterocycles. The van der Waals surface area contributed by atoms with Crippen LogP contribution in [0.1, 0.15) is 68.4 Å². The number of carbonyl (C=O) groups excluding carboxylic acids is 1. The SMILES string of the molecule is CCC1CCC(C(=O)c2cccn2C2CCNCC2)CC1. The van der Waals surface area contributed by atoms with Gasteiger partial charge in [-0.3, -0.25) is 4.79 Å². The van der Waals surface area contributed by atoms with E-state index in [0.29, 0.717) is 11.8 Å². The van der Waals surface area contributed by atoms with Crippen LogP contribution in [0.4, 0.5) is 0 Å². The first-order valence-corrected chi connectivity index (χ1v) is 8.71. The second-order valence-corrected chi connectivity index (χ2v) is 6.77. The Morgan fingerprint density at radius 2 is 1.90 bits per heavy atom. The summed E-state index contributed by atoms with van der Waals surface area (Å²) in [5.74, 6) is 1.52. The van der Waals surface area contributed by atoms with E-state index >= 15 is 0 Å². The molecule has 0 atom stereocenters. The van der Waals surface area contributed by atoms with Gasteiger partial charge >= 0.3 is 0 Å². The van der Waals surface area contributed by atoms with Crippen LogP contribution in [0, 0.1) is 11.8 Å². The van der Waals surface area contributed by atoms with Gasteiger partial charge in [-0.15, -0.1) is 0 Å². The molecule has 2 aliphatic rings. The van der Waals surface area contributed by atoms with Crippen LogP contribution in [0.5, 0.6) is 0 Å². The normalized spacial score (nSPS) is 27.7. The van der Waals surface area contributed by atoms with Gasteiger partial charge in [-0.25, -0.2) is 0 Å². The lowest BCUT2D eigenvalue weighted by Crippen LogP contribution is -2.31. The molecule has 0 bridgehead atoms. The van der Waals surface area contributed by atoms with Crippen molar-refractivity contribution in [1.82, 2.24) is 9.88 Å². The highest BCUT2D eigenvalue weighted by Crippen LogP contribution is 2.33. The van der Waals surface area contributed by atoms with Crippen molar-refractivity contribution in [3.05, 3.63) is 24.0 Å². The minimum absolute atomic E-state index is 0.267. The number of hydrogen-bond donors (Lipinski definition) is 1. The van der Waals surface area contributed by atoms with Gasteiger partial charge in [-0.1, -0.05) is 13.3 Å². The second-order valence-electron chi connectivity index (χ2n) is 6.77. The number of rotatable bonds is 4. The Bertz CT molecular complexity index is 465. The molecule has 3 nitrogen and oxygen atoms in total. The third-order valence-corrected chi connectivity index (χ3v) is 5.53. The highest BCUT2D eigenvalue weighted by molar-refractivity contribution is 5.96. The second kappa shape index (κ2) is 6.78. The number of Topliss-reactive ketones (excluding diaryl/α,β-unsaturated/α-hetero) is 1. The van der Waals surface area contributed by atoms with Gasteiger partial charge in [0.2, 0.25) is 0 Å². The van der Waals surface area contributed by atoms with Gasteiger partial charge in [0.1, 0.15) is 0 Å². The zero-order valence-electron chi connectivity index (χ0n) is 13.2. The number of hydrogen-bond acceptors (Lipinski definition) is 2. The fraction of sp³-hybridized carbons (Fsp3) is 0.722. The Hall–Kier alpha value is -1.09. The van der Waals surface area contributed by atoms with Crippen molar-refractivity contribution >= 4 is 5.78 Å². The molecule has 116 valence electrons. The molecule has 1 aromatic rings. The first kappa shape index (κ1) is 14.8. The Morgan fingerprint density at radius 1 is 1.19 bits per heavy atom. The van der Waals surface area contributed by atoms with E-state index < -0.39 is 0 Å². The highest BCUT2D eigenvalue weighted by atomic mass is 16.1. The number of piperidine rings is 1. The van der Waals surface area contributed by atoms with Crippen LogP contribution in [0.25, 0.3) is 0 Å². The van der Waals surface area contributed by atoms with E-state index in [1.165, 1.54) is 19.3 Å². The predicted molar refractivity (Wildman–Crippen MR) is 85.6 cm³/mol. The molecule has 1 N–H and O–H groups in total. The zero-order chi connectivity index (χ0) is 14.7. The quantitative estimate of drug-likeness (QED) is 0.855. The van der Waals surface area contributed by atoms with Gasteiger partial charge < -0.3 is 9.88 Å². The van der Waals surface area contributed by atoms with Crippen molar-refractivity contribution in [2.75, 3.05) is 13.1 Å². The molecule has 21 heavy (non-hydrogen) atoms. The smallest absolute Gasteiger partial charge is 0.182 e. The van der Waals surface area contributed by atoms with E-state index in [2.05, 4.69) is 23.0 Å². The Morgan fingerprint density at radius 3 is 2.57 bits per heavy atom. The Labute approximate surface area is 128 Å². The summed E-state index contributed by atoms with van der Waals surface area (Å²) >= 11 is 0. The van der Waals surface area contributed by atoms with Crippen LogP contribution in [-0.2, 0) is 0 Å². The van der Waals surface area contributed by atoms with Crippen molar-refractivity contribution in [3.8, 4) is 0 Å². The number of nitrogens with one attached hydrogen (secondary N) is 1. The number of aromatic nitrogens is 1. The van der Waals surface area contributed by atoms with Gasteiger partial charge in [-0.05, 0) is 69.7 Å². The summed E-state index contributed by atoms with van der Waals surface area (Å²) in [4.78, 5) is 12.9. The van der Waals surface area contributed by atoms with Crippen LogP contribution in [0.2, 0.25) is 0 Å². The first-order valence-electron chi connectivity index (χ1n) is 8.71. The molecule has 0 aromatic carbocycles. The summed E-state index contributed by atoms with van der Waals surface area (Å²) in [5, 5.41) is 3.40. The molecule has 1 aliphatic carbocycles. The maximum absolute atomic E-state index is 12.9. The Balaban J connectivity index is 1.69. The van der Waals surface area contributed by atoms with Crippen molar-refractivity contribution in [2.45, 2.75) is 57.9 Å². The number of nitrogens with zero attached hydrogens (tertiary/aromatic N) is 1. The number of carbonyl (C=O) groups is 1. The van der Waals surface area contributed by atoms with Gasteiger partial charge in [-0.2, -0.15) is 0 Å². The van der Waals surface area contributed by atoms with E-state index in [4.69, 9.17) is 0 Å². The lowest BCUT2D eigenvalue weighted by molar-refractivity contribution is 0.0857. The van der Waals surface area contributed by atoms with Gasteiger partial charge in [0.05, 0.1) is 5.69 Å². The fourth-order valence-electron chi connectivity index (χ4n) is 4.05. The fourth-order valence-corrected chi connectivity index (χ4v) is 4.05. The van der Waals surface area contributed by atoms with Gasteiger partial charge in [0.25, 0.3) is 0 Å². The van der Waals surface area contributed by atoms with Gasteiger partial charge in [0, 0.05) is 18.2 Å². The van der Waals surface area contributed by atoms with E-state index in [-0.39, 0.29) is 5.92 Å². The van der Waals surface area contributed by atoms with Gasteiger partial charge in [0.15, 0.2) is 5.78 Å². The third-order valence-electron chi connectivity index (χ3n) is 5.53. The summed E-state index contributed by atoms with van der Waals surface area (Å²) in [6, 6.07) is 4.59. The molecule has 2 fully saturated rings. The molecule has 0 unspecified atom stereocenters. The lowest BCUT2D eigenvalue weighted by atomic mass is 9.78. The summed E-state index contributed by atoms with van der Waals surface area (Å²) < 4.78 is 2.26. The highest BCUT2D eigenvalue weighted by Gasteiger charge is 2.29. The minimum Gasteiger partial charge on any atom is -0.342 e. The van der Waals surface area contributed by atoms with E-state index in [0.717, 1.165) is 50.4 Å². The van der Waals surface area contributed by atoms with E-state index in [1.807, 2.05) is 12.1 Å². The Kier molecular flexibility index (Phi) is 4.79. The largest absolute Gasteiger partial charge is 0.342 e. The third kappa shape index (κ3) is 3.23. The summed E-state index contributed by atoms with van der Waals surface area (Å²) in [5.41, 5.74) is 0.960. The number of ketones is 1. The topological polar surface area (TPSA) is 34.0 Å². The standard InChI is InChI=1S/C18H28N2O/c1-2-14-5-7-15(8-6-14)18(21)17-4-3-13-20(17)16-9-11-19-12-10-16/h3-4,13-16,19H,2,5-12H2,1H3. The maximum atomic E-state index is 12.9. The molecule has 1 aliphatic heterocycles. The predicted octanol–water partition coefficient (Wildman–Crippen LogP) is 3.81. The molecule has 0 spiro atoms. The average Bonchev–Trinajstić information content (AvgIpc) is 3.04. The van der Waals surface area contributed by atoms with Crippen molar-refractivity contribution in [1.29, 1.82) is 0 Å². The molecular weight excluding hydrogens is 260 g/mol. The van der Waals surface area contributed by atoms with E-state index in [9.17, 15) is 4.79 Å². The molecule has 0 amide bonds. The first-order chi connectivity index (χ1) is 10.3. The molecule has 1 saturated heterocycles. The van der Waals surface area contributed by atoms with Crippen molar-refractivity contribution in [2.24, 2.45) is 11.8 Å². The molecule has 1 aromatic heterocycles. The lowest BCUT2D eigenvalue weighted by Gasteiger charge is -2.29. The molecule has 3 heteroatoms. The summed E-state index contributed by atoms with van der Waals surface area (Å²) in [7, 11) is 0. The monoisotopic (exact) mass is 288 g/mol. The van der Waals surface area contributed by atoms with Crippen LogP contribution in [0.3, 0.4) is 0 Å². The average molecular weight is 288 g/mol.